The van der Waals surface area contributed by atoms with Gasteiger partial charge in [-0.3, -0.25) is 0 Å². The summed E-state index contributed by atoms with van der Waals surface area (Å²) in [7, 11) is 0. The van der Waals surface area contributed by atoms with E-state index in [1.165, 1.54) is 20.8 Å². The Bertz CT molecular complexity index is 146. The van der Waals surface area contributed by atoms with E-state index in [4.69, 9.17) is 6.42 Å². The van der Waals surface area contributed by atoms with E-state index in [0.717, 1.165) is 0 Å². The SMILES string of the molecule is C#CCC(F)(F)C(C)(C)C. The maximum atomic E-state index is 12.8. The maximum Gasteiger partial charge on any atom is 0.263 e. The lowest BCUT2D eigenvalue weighted by Gasteiger charge is -2.28. The van der Waals surface area contributed by atoms with E-state index in [9.17, 15) is 8.78 Å². The molecule has 0 saturated carbocycles. The highest BCUT2D eigenvalue weighted by atomic mass is 19.3. The monoisotopic (exact) mass is 146 g/mol. The summed E-state index contributed by atoms with van der Waals surface area (Å²) in [5.74, 6) is -0.784. The molecule has 0 N–H and O–H groups in total. The molecule has 0 radical (unpaired) electrons. The standard InChI is InChI=1S/C8H12F2/c1-5-6-8(9,10)7(2,3)4/h1H,6H2,2-4H3. The maximum absolute atomic E-state index is 12.8. The van der Waals surface area contributed by atoms with E-state index in [2.05, 4.69) is 0 Å². The van der Waals surface area contributed by atoms with Gasteiger partial charge in [0.25, 0.3) is 5.92 Å². The first kappa shape index (κ1) is 9.42. The molecule has 0 amide bonds. The Balaban J connectivity index is 4.28. The molecule has 0 aliphatic rings. The summed E-state index contributed by atoms with van der Waals surface area (Å²) in [6, 6.07) is 0. The highest BCUT2D eigenvalue weighted by Gasteiger charge is 2.41. The third-order valence-corrected chi connectivity index (χ3v) is 1.42. The van der Waals surface area contributed by atoms with Crippen LogP contribution in [0.2, 0.25) is 0 Å². The zero-order valence-corrected chi connectivity index (χ0v) is 6.54. The van der Waals surface area contributed by atoms with Gasteiger partial charge < -0.3 is 0 Å². The van der Waals surface area contributed by atoms with E-state index in [-0.39, 0.29) is 0 Å². The van der Waals surface area contributed by atoms with Gasteiger partial charge in [0.1, 0.15) is 0 Å². The van der Waals surface area contributed by atoms with Crippen LogP contribution in [0.3, 0.4) is 0 Å². The van der Waals surface area contributed by atoms with Gasteiger partial charge in [0.05, 0.1) is 6.42 Å². The fourth-order valence-electron chi connectivity index (χ4n) is 0.393. The van der Waals surface area contributed by atoms with Gasteiger partial charge in [-0.05, 0) is 0 Å². The molecule has 0 nitrogen and oxygen atoms in total. The van der Waals surface area contributed by atoms with E-state index >= 15 is 0 Å². The molecule has 58 valence electrons. The number of halogens is 2. The number of rotatable bonds is 1. The van der Waals surface area contributed by atoms with Crippen LogP contribution in [-0.2, 0) is 0 Å². The molecule has 10 heavy (non-hydrogen) atoms. The molecule has 0 aromatic carbocycles. The molecular weight excluding hydrogens is 134 g/mol. The van der Waals surface area contributed by atoms with Crippen molar-refractivity contribution in [3.63, 3.8) is 0 Å². The number of alkyl halides is 2. The first-order chi connectivity index (χ1) is 4.31. The number of hydrogen-bond acceptors (Lipinski definition) is 0. The Morgan fingerprint density at radius 3 is 1.80 bits per heavy atom. The van der Waals surface area contributed by atoms with Crippen molar-refractivity contribution in [3.05, 3.63) is 0 Å². The van der Waals surface area contributed by atoms with Crippen molar-refractivity contribution < 1.29 is 8.78 Å². The van der Waals surface area contributed by atoms with E-state index in [0.29, 0.717) is 0 Å². The van der Waals surface area contributed by atoms with E-state index in [1.807, 2.05) is 5.92 Å². The molecule has 0 aliphatic carbocycles. The minimum atomic E-state index is -2.75. The molecule has 2 heteroatoms. The normalized spacial score (nSPS) is 12.8. The second-order valence-corrected chi connectivity index (χ2v) is 3.34. The van der Waals surface area contributed by atoms with Crippen LogP contribution in [0.15, 0.2) is 0 Å². The lowest BCUT2D eigenvalue weighted by molar-refractivity contribution is -0.0912. The van der Waals surface area contributed by atoms with Crippen molar-refractivity contribution in [2.24, 2.45) is 5.41 Å². The zero-order chi connectivity index (χ0) is 8.41. The average molecular weight is 146 g/mol. The summed E-state index contributed by atoms with van der Waals surface area (Å²) in [6.07, 6.45) is 4.31. The zero-order valence-electron chi connectivity index (χ0n) is 6.54. The molecule has 0 unspecified atom stereocenters. The largest absolute Gasteiger partial charge is 0.263 e. The fraction of sp³-hybridized carbons (Fsp3) is 0.750. The molecule has 0 rings (SSSR count). The third-order valence-electron chi connectivity index (χ3n) is 1.42. The molecule has 0 aromatic heterocycles. The third kappa shape index (κ3) is 1.98. The van der Waals surface area contributed by atoms with Crippen molar-refractivity contribution in [1.82, 2.24) is 0 Å². The average Bonchev–Trinajstić information content (AvgIpc) is 1.61. The van der Waals surface area contributed by atoms with Gasteiger partial charge in [-0.1, -0.05) is 20.8 Å². The Hall–Kier alpha value is -0.580. The second kappa shape index (κ2) is 2.57. The Morgan fingerprint density at radius 2 is 1.70 bits per heavy atom. The minimum Gasteiger partial charge on any atom is -0.205 e. The van der Waals surface area contributed by atoms with Crippen LogP contribution in [0.4, 0.5) is 8.78 Å². The summed E-state index contributed by atoms with van der Waals surface area (Å²) in [6.45, 7) is 4.43. The minimum absolute atomic E-state index is 0.476. The van der Waals surface area contributed by atoms with Crippen molar-refractivity contribution in [2.75, 3.05) is 0 Å². The van der Waals surface area contributed by atoms with Crippen LogP contribution in [0, 0.1) is 17.8 Å². The Labute approximate surface area is 60.6 Å². The topological polar surface area (TPSA) is 0 Å². The second-order valence-electron chi connectivity index (χ2n) is 3.34. The Kier molecular flexibility index (Phi) is 2.42. The summed E-state index contributed by atoms with van der Waals surface area (Å²) in [5, 5.41) is 0. The van der Waals surface area contributed by atoms with E-state index in [1.54, 1.807) is 0 Å². The van der Waals surface area contributed by atoms with Crippen LogP contribution in [0.5, 0.6) is 0 Å². The molecule has 0 spiro atoms. The number of hydrogen-bond donors (Lipinski definition) is 0. The lowest BCUT2D eigenvalue weighted by Crippen LogP contribution is -2.33. The van der Waals surface area contributed by atoms with E-state index < -0.39 is 17.8 Å². The molecule has 0 aromatic rings. The summed E-state index contributed by atoms with van der Waals surface area (Å²) >= 11 is 0. The van der Waals surface area contributed by atoms with Crippen LogP contribution in [-0.4, -0.2) is 5.92 Å². The molecule has 0 fully saturated rings. The van der Waals surface area contributed by atoms with Gasteiger partial charge in [-0.25, -0.2) is 8.78 Å². The van der Waals surface area contributed by atoms with Crippen molar-refractivity contribution in [1.29, 1.82) is 0 Å². The van der Waals surface area contributed by atoms with Gasteiger partial charge in [-0.2, -0.15) is 0 Å². The van der Waals surface area contributed by atoms with Crippen LogP contribution in [0.25, 0.3) is 0 Å². The first-order valence-electron chi connectivity index (χ1n) is 3.12. The fourth-order valence-corrected chi connectivity index (χ4v) is 0.393. The van der Waals surface area contributed by atoms with Gasteiger partial charge in [0, 0.05) is 5.41 Å². The highest BCUT2D eigenvalue weighted by molar-refractivity contribution is 4.95. The van der Waals surface area contributed by atoms with Crippen molar-refractivity contribution >= 4 is 0 Å². The summed E-state index contributed by atoms with van der Waals surface area (Å²) in [4.78, 5) is 0. The van der Waals surface area contributed by atoms with Gasteiger partial charge in [0.2, 0.25) is 0 Å². The molecule has 0 saturated heterocycles. The smallest absolute Gasteiger partial charge is 0.205 e. The van der Waals surface area contributed by atoms with Crippen molar-refractivity contribution in [3.8, 4) is 12.3 Å². The summed E-state index contributed by atoms with van der Waals surface area (Å²) in [5.41, 5.74) is -1.03. The Morgan fingerprint density at radius 1 is 1.30 bits per heavy atom. The molecule has 0 bridgehead atoms. The molecule has 0 heterocycles. The molecular formula is C8H12F2. The highest BCUT2D eigenvalue weighted by Crippen LogP contribution is 2.37. The van der Waals surface area contributed by atoms with Gasteiger partial charge >= 0.3 is 0 Å². The summed E-state index contributed by atoms with van der Waals surface area (Å²) < 4.78 is 25.6. The first-order valence-corrected chi connectivity index (χ1v) is 3.12. The molecule has 0 aliphatic heterocycles. The van der Waals surface area contributed by atoms with Crippen LogP contribution in [0.1, 0.15) is 27.2 Å². The van der Waals surface area contributed by atoms with Crippen LogP contribution >= 0.6 is 0 Å². The van der Waals surface area contributed by atoms with Gasteiger partial charge in [-0.15, -0.1) is 12.3 Å². The van der Waals surface area contributed by atoms with Gasteiger partial charge in [0.15, 0.2) is 0 Å². The van der Waals surface area contributed by atoms with Crippen LogP contribution < -0.4 is 0 Å². The predicted molar refractivity (Wildman–Crippen MR) is 37.9 cm³/mol. The quantitative estimate of drug-likeness (QED) is 0.499. The van der Waals surface area contributed by atoms with Crippen molar-refractivity contribution in [2.45, 2.75) is 33.1 Å². The molecule has 0 atom stereocenters. The predicted octanol–water partition coefficient (Wildman–Crippen LogP) is 2.69. The number of terminal acetylenes is 1. The lowest BCUT2D eigenvalue weighted by atomic mass is 9.86.